The molecular weight excluding hydrogens is 364 g/mol. The zero-order chi connectivity index (χ0) is 19.2. The van der Waals surface area contributed by atoms with Gasteiger partial charge in [0.25, 0.3) is 5.91 Å². The Morgan fingerprint density at radius 3 is 2.96 bits per heavy atom. The topological polar surface area (TPSA) is 94.5 Å². The van der Waals surface area contributed by atoms with Gasteiger partial charge in [0.05, 0.1) is 24.3 Å². The lowest BCUT2D eigenvalue weighted by Gasteiger charge is -2.35. The lowest BCUT2D eigenvalue weighted by atomic mass is 10.1. The van der Waals surface area contributed by atoms with Gasteiger partial charge in [-0.15, -0.1) is 11.3 Å². The number of benzene rings is 1. The van der Waals surface area contributed by atoms with Crippen molar-refractivity contribution in [2.24, 2.45) is 0 Å². The summed E-state index contributed by atoms with van der Waals surface area (Å²) in [5.74, 6) is 0.127. The molecule has 7 nitrogen and oxygen atoms in total. The van der Waals surface area contributed by atoms with Crippen molar-refractivity contribution in [3.63, 3.8) is 0 Å². The summed E-state index contributed by atoms with van der Waals surface area (Å²) in [5, 5.41) is 17.0. The summed E-state index contributed by atoms with van der Waals surface area (Å²) in [5.41, 5.74) is 1.20. The van der Waals surface area contributed by atoms with Crippen molar-refractivity contribution >= 4 is 33.8 Å². The molecule has 2 aromatic rings. The van der Waals surface area contributed by atoms with Crippen LogP contribution in [0.5, 0.6) is 5.75 Å². The highest BCUT2D eigenvalue weighted by Gasteiger charge is 2.31. The molecule has 27 heavy (non-hydrogen) atoms. The van der Waals surface area contributed by atoms with Gasteiger partial charge < -0.3 is 20.3 Å². The number of amides is 2. The molecule has 2 amide bonds. The number of hydrogen-bond donors (Lipinski definition) is 2. The Labute approximate surface area is 161 Å². The zero-order valence-corrected chi connectivity index (χ0v) is 15.7. The van der Waals surface area contributed by atoms with Crippen LogP contribution in [-0.2, 0) is 9.59 Å². The number of thiophene rings is 1. The van der Waals surface area contributed by atoms with Crippen LogP contribution in [0.3, 0.4) is 0 Å². The average molecular weight is 384 g/mol. The van der Waals surface area contributed by atoms with Gasteiger partial charge in [-0.2, -0.15) is 5.26 Å². The number of carbonyl (C=O) groups excluding carboxylic acids is 2. The zero-order valence-electron chi connectivity index (χ0n) is 14.9. The van der Waals surface area contributed by atoms with E-state index in [2.05, 4.69) is 16.7 Å². The van der Waals surface area contributed by atoms with Gasteiger partial charge >= 0.3 is 0 Å². The molecule has 1 aromatic heterocycles. The number of fused-ring (bicyclic) bond motifs is 1. The fourth-order valence-corrected chi connectivity index (χ4v) is 3.54. The second-order valence-electron chi connectivity index (χ2n) is 6.07. The van der Waals surface area contributed by atoms with Crippen LogP contribution in [0.1, 0.15) is 18.9 Å². The summed E-state index contributed by atoms with van der Waals surface area (Å²) in [6.07, 6.45) is 0.152. The maximum Gasteiger partial charge on any atom is 0.262 e. The van der Waals surface area contributed by atoms with E-state index in [0.29, 0.717) is 22.9 Å². The van der Waals surface area contributed by atoms with Gasteiger partial charge in [-0.05, 0) is 30.0 Å². The molecule has 0 fully saturated rings. The van der Waals surface area contributed by atoms with Crippen molar-refractivity contribution in [1.82, 2.24) is 5.32 Å². The number of rotatable bonds is 6. The molecule has 140 valence electrons. The molecule has 0 bridgehead atoms. The number of hydrogen-bond acceptors (Lipinski definition) is 6. The largest absolute Gasteiger partial charge is 0.477 e. The number of nitrogens with one attached hydrogen (secondary N) is 2. The molecule has 0 aliphatic carbocycles. The Kier molecular flexibility index (Phi) is 5.94. The molecule has 3 rings (SSSR count). The van der Waals surface area contributed by atoms with Crippen molar-refractivity contribution in [2.75, 3.05) is 29.9 Å². The van der Waals surface area contributed by atoms with Crippen LogP contribution in [0.4, 0.5) is 10.7 Å². The van der Waals surface area contributed by atoms with Gasteiger partial charge in [0.2, 0.25) is 5.91 Å². The molecule has 0 unspecified atom stereocenters. The summed E-state index contributed by atoms with van der Waals surface area (Å²) >= 11 is 1.30. The minimum absolute atomic E-state index is 0.0562. The molecule has 0 spiro atoms. The van der Waals surface area contributed by atoms with Crippen molar-refractivity contribution < 1.29 is 14.3 Å². The van der Waals surface area contributed by atoms with Crippen LogP contribution in [0, 0.1) is 11.3 Å². The van der Waals surface area contributed by atoms with E-state index in [1.807, 2.05) is 30.0 Å². The van der Waals surface area contributed by atoms with Gasteiger partial charge in [-0.1, -0.05) is 19.1 Å². The Morgan fingerprint density at radius 2 is 2.19 bits per heavy atom. The first-order chi connectivity index (χ1) is 13.1. The summed E-state index contributed by atoms with van der Waals surface area (Å²) in [6, 6.07) is 11.0. The number of para-hydroxylation sites is 2. The first kappa shape index (κ1) is 18.7. The van der Waals surface area contributed by atoms with Gasteiger partial charge in [0, 0.05) is 6.54 Å². The molecule has 8 heteroatoms. The molecule has 0 radical (unpaired) electrons. The van der Waals surface area contributed by atoms with Crippen molar-refractivity contribution in [1.29, 1.82) is 5.26 Å². The van der Waals surface area contributed by atoms with Crippen LogP contribution in [0.25, 0.3) is 0 Å². The first-order valence-corrected chi connectivity index (χ1v) is 9.56. The molecular formula is C19H20N4O3S. The Bertz CT molecular complexity index is 874. The highest BCUT2D eigenvalue weighted by atomic mass is 32.1. The van der Waals surface area contributed by atoms with Crippen LogP contribution in [0.2, 0.25) is 0 Å². The normalized spacial score (nSPS) is 15.3. The molecule has 2 heterocycles. The Hall–Kier alpha value is -3.05. The van der Waals surface area contributed by atoms with E-state index < -0.39 is 6.10 Å². The number of nitriles is 1. The maximum absolute atomic E-state index is 12.5. The summed E-state index contributed by atoms with van der Waals surface area (Å²) in [6.45, 7) is 2.89. The van der Waals surface area contributed by atoms with Crippen LogP contribution in [-0.4, -0.2) is 37.6 Å². The van der Waals surface area contributed by atoms with E-state index in [0.717, 1.165) is 12.1 Å². The number of carbonyl (C=O) groups is 2. The summed E-state index contributed by atoms with van der Waals surface area (Å²) in [7, 11) is 0. The number of anilines is 2. The maximum atomic E-state index is 12.5. The van der Waals surface area contributed by atoms with Crippen LogP contribution >= 0.6 is 11.3 Å². The Morgan fingerprint density at radius 1 is 1.37 bits per heavy atom. The van der Waals surface area contributed by atoms with E-state index in [4.69, 9.17) is 10.00 Å². The molecule has 1 aliphatic rings. The highest BCUT2D eigenvalue weighted by molar-refractivity contribution is 7.14. The summed E-state index contributed by atoms with van der Waals surface area (Å²) < 4.78 is 5.82. The molecule has 1 aromatic carbocycles. The van der Waals surface area contributed by atoms with Crippen LogP contribution in [0.15, 0.2) is 35.7 Å². The number of ether oxygens (including phenoxy) is 1. The standard InChI is InChI=1S/C19H20N4O3S/c1-2-8-21-18(25)16-11-23(14-5-3-4-6-15(14)26-16)12-17(24)22-19-13(10-20)7-9-27-19/h3-7,9,16H,2,8,11-12H2,1H3,(H,21,25)(H,22,24)/t16-/m1/s1. The third-order valence-corrected chi connectivity index (χ3v) is 4.91. The van der Waals surface area contributed by atoms with Gasteiger partial charge in [0.15, 0.2) is 6.10 Å². The predicted octanol–water partition coefficient (Wildman–Crippen LogP) is 2.35. The van der Waals surface area contributed by atoms with E-state index in [9.17, 15) is 9.59 Å². The van der Waals surface area contributed by atoms with E-state index in [1.54, 1.807) is 17.5 Å². The monoisotopic (exact) mass is 384 g/mol. The molecule has 1 atom stereocenters. The molecule has 0 saturated heterocycles. The fraction of sp³-hybridized carbons (Fsp3) is 0.316. The van der Waals surface area contributed by atoms with Crippen molar-refractivity contribution in [3.8, 4) is 11.8 Å². The second kappa shape index (κ2) is 8.56. The third kappa shape index (κ3) is 4.38. The molecule has 0 saturated carbocycles. The highest BCUT2D eigenvalue weighted by Crippen LogP contribution is 2.33. The van der Waals surface area contributed by atoms with E-state index in [1.165, 1.54) is 11.3 Å². The van der Waals surface area contributed by atoms with E-state index in [-0.39, 0.29) is 24.9 Å². The second-order valence-corrected chi connectivity index (χ2v) is 6.99. The number of nitrogens with zero attached hydrogens (tertiary/aromatic N) is 2. The first-order valence-electron chi connectivity index (χ1n) is 8.68. The summed E-state index contributed by atoms with van der Waals surface area (Å²) in [4.78, 5) is 26.7. The minimum Gasteiger partial charge on any atom is -0.477 e. The molecule has 1 aliphatic heterocycles. The van der Waals surface area contributed by atoms with E-state index >= 15 is 0 Å². The quantitative estimate of drug-likeness (QED) is 0.797. The predicted molar refractivity (Wildman–Crippen MR) is 104 cm³/mol. The molecule has 2 N–H and O–H groups in total. The van der Waals surface area contributed by atoms with Gasteiger partial charge in [-0.25, -0.2) is 0 Å². The minimum atomic E-state index is -0.685. The van der Waals surface area contributed by atoms with Crippen molar-refractivity contribution in [3.05, 3.63) is 41.3 Å². The SMILES string of the molecule is CCCNC(=O)[C@H]1CN(CC(=O)Nc2sccc2C#N)c2ccccc2O1. The third-order valence-electron chi connectivity index (χ3n) is 4.08. The Balaban J connectivity index is 1.73. The lowest BCUT2D eigenvalue weighted by molar-refractivity contribution is -0.128. The smallest absolute Gasteiger partial charge is 0.262 e. The lowest BCUT2D eigenvalue weighted by Crippen LogP contribution is -2.50. The van der Waals surface area contributed by atoms with Crippen LogP contribution < -0.4 is 20.3 Å². The van der Waals surface area contributed by atoms with Crippen molar-refractivity contribution in [2.45, 2.75) is 19.4 Å². The average Bonchev–Trinajstić information content (AvgIpc) is 3.12. The fourth-order valence-electron chi connectivity index (χ4n) is 2.79. The van der Waals surface area contributed by atoms with Gasteiger partial charge in [0.1, 0.15) is 16.8 Å². The van der Waals surface area contributed by atoms with Gasteiger partial charge in [-0.3, -0.25) is 9.59 Å².